The summed E-state index contributed by atoms with van der Waals surface area (Å²) in [6.45, 7) is 2.72. The second-order valence-corrected chi connectivity index (χ2v) is 6.35. The third-order valence-electron chi connectivity index (χ3n) is 3.36. The van der Waals surface area contributed by atoms with Crippen LogP contribution in [0.3, 0.4) is 0 Å². The molecule has 0 aliphatic rings. The molecule has 0 saturated heterocycles. The first-order valence-electron chi connectivity index (χ1n) is 7.20. The number of urea groups is 1. The van der Waals surface area contributed by atoms with Crippen LogP contribution in [-0.4, -0.2) is 43.2 Å². The maximum atomic E-state index is 13.6. The smallest absolute Gasteiger partial charge is 0.323 e. The molecule has 7 heteroatoms. The average Bonchev–Trinajstić information content (AvgIpc) is 2.95. The summed E-state index contributed by atoms with van der Waals surface area (Å²) in [4.78, 5) is 18.6. The Kier molecular flexibility index (Phi) is 6.06. The highest BCUT2D eigenvalue weighted by Gasteiger charge is 2.11. The maximum absolute atomic E-state index is 13.6. The van der Waals surface area contributed by atoms with E-state index in [9.17, 15) is 9.18 Å². The topological polar surface area (TPSA) is 54.5 Å². The third-order valence-corrected chi connectivity index (χ3v) is 4.27. The Morgan fingerprint density at radius 3 is 2.96 bits per heavy atom. The maximum Gasteiger partial charge on any atom is 0.323 e. The van der Waals surface area contributed by atoms with Gasteiger partial charge in [0.05, 0.1) is 6.61 Å². The average molecular weight is 337 g/mol. The molecular formula is C16H20FN3O2S. The number of aryl methyl sites for hydroxylation is 1. The number of methoxy groups -OCH3 is 1. The van der Waals surface area contributed by atoms with E-state index in [1.807, 2.05) is 6.07 Å². The Morgan fingerprint density at radius 2 is 2.26 bits per heavy atom. The lowest BCUT2D eigenvalue weighted by molar-refractivity contribution is 0.165. The Hall–Kier alpha value is -1.99. The summed E-state index contributed by atoms with van der Waals surface area (Å²) in [5, 5.41) is 3.27. The molecular weight excluding hydrogens is 317 g/mol. The molecule has 5 nitrogen and oxygen atoms in total. The van der Waals surface area contributed by atoms with E-state index in [0.29, 0.717) is 30.3 Å². The van der Waals surface area contributed by atoms with Gasteiger partial charge in [0.1, 0.15) is 5.82 Å². The predicted octanol–water partition coefficient (Wildman–Crippen LogP) is 3.29. The summed E-state index contributed by atoms with van der Waals surface area (Å²) in [5.74, 6) is -0.208. The first kappa shape index (κ1) is 17.4. The van der Waals surface area contributed by atoms with Crippen molar-refractivity contribution >= 4 is 22.5 Å². The summed E-state index contributed by atoms with van der Waals surface area (Å²) < 4.78 is 18.5. The number of amides is 2. The number of rotatable bonds is 6. The van der Waals surface area contributed by atoms with Crippen molar-refractivity contribution < 1.29 is 13.9 Å². The van der Waals surface area contributed by atoms with Gasteiger partial charge < -0.3 is 9.64 Å². The number of likely N-dealkylation sites (N-methyl/N-ethyl adjacent to an activating group) is 1. The van der Waals surface area contributed by atoms with Crippen LogP contribution in [0.2, 0.25) is 0 Å². The number of nitrogens with one attached hydrogen (secondary N) is 1. The standard InChI is InChI=1S/C16H20FN3O2S/c1-11-4-5-12(9-14(11)17)8-13-10-18-15(23-13)19-16(21)20(2)6-7-22-3/h4-5,9-10H,6-8H2,1-3H3,(H,18,19,21). The molecule has 23 heavy (non-hydrogen) atoms. The molecule has 0 aliphatic heterocycles. The van der Waals surface area contributed by atoms with Crippen LogP contribution in [0.5, 0.6) is 0 Å². The number of nitrogens with zero attached hydrogens (tertiary/aromatic N) is 2. The van der Waals surface area contributed by atoms with Gasteiger partial charge in [-0.05, 0) is 24.1 Å². The van der Waals surface area contributed by atoms with Crippen molar-refractivity contribution in [3.8, 4) is 0 Å². The second kappa shape index (κ2) is 8.03. The van der Waals surface area contributed by atoms with Gasteiger partial charge in [-0.2, -0.15) is 0 Å². The molecule has 1 aromatic heterocycles. The van der Waals surface area contributed by atoms with E-state index in [4.69, 9.17) is 4.74 Å². The molecule has 0 atom stereocenters. The highest BCUT2D eigenvalue weighted by atomic mass is 32.1. The molecule has 0 fully saturated rings. The molecule has 124 valence electrons. The van der Waals surface area contributed by atoms with Crippen LogP contribution in [0.1, 0.15) is 16.0 Å². The summed E-state index contributed by atoms with van der Waals surface area (Å²) in [6, 6.07) is 4.96. The van der Waals surface area contributed by atoms with Crippen molar-refractivity contribution in [3.05, 3.63) is 46.2 Å². The molecule has 2 amide bonds. The number of halogens is 1. The zero-order chi connectivity index (χ0) is 16.8. The molecule has 0 bridgehead atoms. The largest absolute Gasteiger partial charge is 0.383 e. The number of aromatic nitrogens is 1. The molecule has 2 aromatic rings. The van der Waals surface area contributed by atoms with Gasteiger partial charge in [0.15, 0.2) is 5.13 Å². The molecule has 0 saturated carbocycles. The number of ether oxygens (including phenoxy) is 1. The van der Waals surface area contributed by atoms with E-state index in [1.165, 1.54) is 22.3 Å². The van der Waals surface area contributed by atoms with Crippen LogP contribution in [-0.2, 0) is 11.2 Å². The van der Waals surface area contributed by atoms with E-state index < -0.39 is 0 Å². The van der Waals surface area contributed by atoms with Gasteiger partial charge >= 0.3 is 6.03 Å². The van der Waals surface area contributed by atoms with E-state index in [-0.39, 0.29) is 11.8 Å². The number of benzene rings is 1. The number of carbonyl (C=O) groups is 1. The highest BCUT2D eigenvalue weighted by Crippen LogP contribution is 2.22. The van der Waals surface area contributed by atoms with Gasteiger partial charge in [0.25, 0.3) is 0 Å². The number of carbonyl (C=O) groups excluding carboxylic acids is 1. The van der Waals surface area contributed by atoms with E-state index in [2.05, 4.69) is 10.3 Å². The van der Waals surface area contributed by atoms with Crippen LogP contribution in [0.25, 0.3) is 0 Å². The van der Waals surface area contributed by atoms with Crippen molar-refractivity contribution in [2.45, 2.75) is 13.3 Å². The first-order chi connectivity index (χ1) is 11.0. The van der Waals surface area contributed by atoms with Crippen LogP contribution < -0.4 is 5.32 Å². The summed E-state index contributed by atoms with van der Waals surface area (Å²) in [5.41, 5.74) is 1.51. The van der Waals surface area contributed by atoms with Crippen molar-refractivity contribution in [2.24, 2.45) is 0 Å². The van der Waals surface area contributed by atoms with Gasteiger partial charge in [0, 0.05) is 38.2 Å². The molecule has 1 N–H and O–H groups in total. The Bertz CT molecular complexity index is 675. The van der Waals surface area contributed by atoms with Crippen molar-refractivity contribution in [1.29, 1.82) is 0 Å². The van der Waals surface area contributed by atoms with Crippen LogP contribution in [0.15, 0.2) is 24.4 Å². The zero-order valence-corrected chi connectivity index (χ0v) is 14.2. The lowest BCUT2D eigenvalue weighted by Crippen LogP contribution is -2.33. The van der Waals surface area contributed by atoms with Gasteiger partial charge in [-0.3, -0.25) is 5.32 Å². The SMILES string of the molecule is COCCN(C)C(=O)Nc1ncc(Cc2ccc(C)c(F)c2)s1. The number of thiazole rings is 1. The van der Waals surface area contributed by atoms with Crippen LogP contribution in [0.4, 0.5) is 14.3 Å². The van der Waals surface area contributed by atoms with Crippen molar-refractivity contribution in [2.75, 3.05) is 32.6 Å². The van der Waals surface area contributed by atoms with Crippen LogP contribution >= 0.6 is 11.3 Å². The molecule has 0 unspecified atom stereocenters. The third kappa shape index (κ3) is 5.01. The molecule has 1 aromatic carbocycles. The minimum absolute atomic E-state index is 0.208. The fraction of sp³-hybridized carbons (Fsp3) is 0.375. The van der Waals surface area contributed by atoms with E-state index in [0.717, 1.165) is 10.4 Å². The van der Waals surface area contributed by atoms with Crippen LogP contribution in [0, 0.1) is 12.7 Å². The number of anilines is 1. The quantitative estimate of drug-likeness (QED) is 0.880. The van der Waals surface area contributed by atoms with Gasteiger partial charge in [-0.25, -0.2) is 14.2 Å². The van der Waals surface area contributed by atoms with Crippen molar-refractivity contribution in [3.63, 3.8) is 0 Å². The molecule has 2 rings (SSSR count). The molecule has 0 spiro atoms. The van der Waals surface area contributed by atoms with Crippen molar-refractivity contribution in [1.82, 2.24) is 9.88 Å². The fourth-order valence-corrected chi connectivity index (χ4v) is 2.75. The molecule has 1 heterocycles. The Balaban J connectivity index is 1.95. The normalized spacial score (nSPS) is 10.6. The lowest BCUT2D eigenvalue weighted by Gasteiger charge is -2.15. The summed E-state index contributed by atoms with van der Waals surface area (Å²) in [6.07, 6.45) is 2.29. The lowest BCUT2D eigenvalue weighted by atomic mass is 10.1. The fourth-order valence-electron chi connectivity index (χ4n) is 1.91. The van der Waals surface area contributed by atoms with Gasteiger partial charge in [-0.15, -0.1) is 11.3 Å². The van der Waals surface area contributed by atoms with E-state index in [1.54, 1.807) is 33.3 Å². The van der Waals surface area contributed by atoms with Gasteiger partial charge in [-0.1, -0.05) is 12.1 Å². The minimum atomic E-state index is -0.232. The molecule has 0 radical (unpaired) electrons. The summed E-state index contributed by atoms with van der Waals surface area (Å²) in [7, 11) is 3.28. The predicted molar refractivity (Wildman–Crippen MR) is 89.6 cm³/mol. The number of hydrogen-bond acceptors (Lipinski definition) is 4. The molecule has 0 aliphatic carbocycles. The monoisotopic (exact) mass is 337 g/mol. The number of hydrogen-bond donors (Lipinski definition) is 1. The van der Waals surface area contributed by atoms with E-state index >= 15 is 0 Å². The Labute approximate surface area is 139 Å². The second-order valence-electron chi connectivity index (χ2n) is 5.24. The summed E-state index contributed by atoms with van der Waals surface area (Å²) >= 11 is 1.38. The highest BCUT2D eigenvalue weighted by molar-refractivity contribution is 7.15. The zero-order valence-electron chi connectivity index (χ0n) is 13.4. The van der Waals surface area contributed by atoms with Gasteiger partial charge in [0.2, 0.25) is 0 Å². The first-order valence-corrected chi connectivity index (χ1v) is 8.02. The minimum Gasteiger partial charge on any atom is -0.383 e. The Morgan fingerprint density at radius 1 is 1.48 bits per heavy atom.